The van der Waals surface area contributed by atoms with Crippen LogP contribution < -0.4 is 4.90 Å². The summed E-state index contributed by atoms with van der Waals surface area (Å²) in [6, 6.07) is 15.7. The zero-order valence-electron chi connectivity index (χ0n) is 10.9. The minimum Gasteiger partial charge on any atom is -0.506 e. The van der Waals surface area contributed by atoms with Crippen molar-refractivity contribution in [2.45, 2.75) is 20.3 Å². The molecular formula is C16H19NO. The Bertz CT molecular complexity index is 477. The van der Waals surface area contributed by atoms with Crippen molar-refractivity contribution in [3.8, 4) is 5.75 Å². The quantitative estimate of drug-likeness (QED) is 0.865. The van der Waals surface area contributed by atoms with Gasteiger partial charge >= 0.3 is 0 Å². The summed E-state index contributed by atoms with van der Waals surface area (Å²) >= 11 is 0. The largest absolute Gasteiger partial charge is 0.506 e. The van der Waals surface area contributed by atoms with E-state index >= 15 is 0 Å². The molecule has 0 saturated carbocycles. The third-order valence-electron chi connectivity index (χ3n) is 3.03. The molecule has 0 heterocycles. The Morgan fingerprint density at radius 2 is 1.56 bits per heavy atom. The Kier molecular flexibility index (Phi) is 3.88. The molecule has 0 aromatic heterocycles. The van der Waals surface area contributed by atoms with Gasteiger partial charge < -0.3 is 10.0 Å². The van der Waals surface area contributed by atoms with Gasteiger partial charge in [-0.05, 0) is 37.1 Å². The maximum atomic E-state index is 10.0. The minimum atomic E-state index is 0.328. The second-order valence-corrected chi connectivity index (χ2v) is 4.43. The number of para-hydroxylation sites is 3. The SMILES string of the molecule is CCCN(c1ccccc1C)c1ccccc1O. The zero-order valence-corrected chi connectivity index (χ0v) is 10.9. The average Bonchev–Trinajstić information content (AvgIpc) is 2.38. The molecule has 0 spiro atoms. The van der Waals surface area contributed by atoms with Gasteiger partial charge in [-0.1, -0.05) is 37.3 Å². The van der Waals surface area contributed by atoms with Crippen molar-refractivity contribution in [2.24, 2.45) is 0 Å². The summed E-state index contributed by atoms with van der Waals surface area (Å²) in [6.45, 7) is 5.13. The standard InChI is InChI=1S/C16H19NO/c1-3-12-17(14-9-5-4-8-13(14)2)15-10-6-7-11-16(15)18/h4-11,18H,3,12H2,1-2H3. The summed E-state index contributed by atoms with van der Waals surface area (Å²) in [5.74, 6) is 0.328. The van der Waals surface area contributed by atoms with E-state index in [-0.39, 0.29) is 0 Å². The number of phenolic OH excluding ortho intramolecular Hbond substituents is 1. The Hall–Kier alpha value is -1.96. The van der Waals surface area contributed by atoms with Gasteiger partial charge in [0.05, 0.1) is 5.69 Å². The van der Waals surface area contributed by atoms with E-state index in [1.54, 1.807) is 6.07 Å². The van der Waals surface area contributed by atoms with E-state index in [1.165, 1.54) is 5.56 Å². The summed E-state index contributed by atoms with van der Waals surface area (Å²) in [6.07, 6.45) is 1.03. The molecule has 0 saturated heterocycles. The first kappa shape index (κ1) is 12.5. The Morgan fingerprint density at radius 3 is 2.17 bits per heavy atom. The molecule has 94 valence electrons. The summed E-state index contributed by atoms with van der Waals surface area (Å²) in [4.78, 5) is 2.17. The fourth-order valence-electron chi connectivity index (χ4n) is 2.15. The number of hydrogen-bond donors (Lipinski definition) is 1. The van der Waals surface area contributed by atoms with E-state index in [9.17, 15) is 5.11 Å². The minimum absolute atomic E-state index is 0.328. The number of aromatic hydroxyl groups is 1. The van der Waals surface area contributed by atoms with Crippen molar-refractivity contribution in [1.29, 1.82) is 0 Å². The molecule has 0 fully saturated rings. The van der Waals surface area contributed by atoms with Gasteiger partial charge in [0.15, 0.2) is 0 Å². The first-order valence-electron chi connectivity index (χ1n) is 6.35. The van der Waals surface area contributed by atoms with Crippen LogP contribution in [0.5, 0.6) is 5.75 Å². The molecule has 0 radical (unpaired) electrons. The fraction of sp³-hybridized carbons (Fsp3) is 0.250. The highest BCUT2D eigenvalue weighted by molar-refractivity contribution is 5.70. The van der Waals surface area contributed by atoms with E-state index in [0.717, 1.165) is 24.3 Å². The van der Waals surface area contributed by atoms with Gasteiger partial charge in [0.25, 0.3) is 0 Å². The summed E-state index contributed by atoms with van der Waals surface area (Å²) in [5.41, 5.74) is 3.24. The first-order chi connectivity index (χ1) is 8.74. The van der Waals surface area contributed by atoms with E-state index < -0.39 is 0 Å². The van der Waals surface area contributed by atoms with Crippen LogP contribution in [0.1, 0.15) is 18.9 Å². The van der Waals surface area contributed by atoms with Crippen LogP contribution in [0.4, 0.5) is 11.4 Å². The van der Waals surface area contributed by atoms with E-state index in [4.69, 9.17) is 0 Å². The number of hydrogen-bond acceptors (Lipinski definition) is 2. The van der Waals surface area contributed by atoms with Crippen LogP contribution in [-0.4, -0.2) is 11.7 Å². The van der Waals surface area contributed by atoms with Gasteiger partial charge in [0.2, 0.25) is 0 Å². The Morgan fingerprint density at radius 1 is 0.944 bits per heavy atom. The first-order valence-corrected chi connectivity index (χ1v) is 6.35. The van der Waals surface area contributed by atoms with Crippen LogP contribution in [0, 0.1) is 6.92 Å². The molecule has 2 rings (SSSR count). The molecule has 0 bridgehead atoms. The van der Waals surface area contributed by atoms with Crippen molar-refractivity contribution in [3.05, 3.63) is 54.1 Å². The average molecular weight is 241 g/mol. The Labute approximate surface area is 109 Å². The van der Waals surface area contributed by atoms with Crippen molar-refractivity contribution >= 4 is 11.4 Å². The molecule has 0 aliphatic heterocycles. The van der Waals surface area contributed by atoms with Gasteiger partial charge in [0, 0.05) is 12.2 Å². The second kappa shape index (κ2) is 5.58. The zero-order chi connectivity index (χ0) is 13.0. The van der Waals surface area contributed by atoms with E-state index in [0.29, 0.717) is 5.75 Å². The molecule has 0 aliphatic carbocycles. The molecular weight excluding hydrogens is 222 g/mol. The molecule has 1 N–H and O–H groups in total. The summed E-state index contributed by atoms with van der Waals surface area (Å²) < 4.78 is 0. The number of benzene rings is 2. The van der Waals surface area contributed by atoms with E-state index in [1.807, 2.05) is 30.3 Å². The highest BCUT2D eigenvalue weighted by atomic mass is 16.3. The molecule has 2 nitrogen and oxygen atoms in total. The van der Waals surface area contributed by atoms with Crippen LogP contribution in [0.25, 0.3) is 0 Å². The predicted molar refractivity (Wildman–Crippen MR) is 76.6 cm³/mol. The number of rotatable bonds is 4. The monoisotopic (exact) mass is 241 g/mol. The van der Waals surface area contributed by atoms with Gasteiger partial charge in [0.1, 0.15) is 5.75 Å². The Balaban J connectivity index is 2.47. The molecule has 0 amide bonds. The van der Waals surface area contributed by atoms with Crippen LogP contribution in [0.2, 0.25) is 0 Å². The number of aryl methyl sites for hydroxylation is 1. The number of nitrogens with zero attached hydrogens (tertiary/aromatic N) is 1. The van der Waals surface area contributed by atoms with Crippen LogP contribution in [-0.2, 0) is 0 Å². The van der Waals surface area contributed by atoms with Gasteiger partial charge in [-0.2, -0.15) is 0 Å². The second-order valence-electron chi connectivity index (χ2n) is 4.43. The van der Waals surface area contributed by atoms with E-state index in [2.05, 4.69) is 30.9 Å². The van der Waals surface area contributed by atoms with Gasteiger partial charge in [-0.3, -0.25) is 0 Å². The number of anilines is 2. The topological polar surface area (TPSA) is 23.5 Å². The normalized spacial score (nSPS) is 10.3. The smallest absolute Gasteiger partial charge is 0.139 e. The summed E-state index contributed by atoms with van der Waals surface area (Å²) in [5, 5.41) is 10.0. The molecule has 0 atom stereocenters. The van der Waals surface area contributed by atoms with Crippen LogP contribution in [0.15, 0.2) is 48.5 Å². The predicted octanol–water partition coefficient (Wildman–Crippen LogP) is 4.25. The van der Waals surface area contributed by atoms with Crippen molar-refractivity contribution in [3.63, 3.8) is 0 Å². The van der Waals surface area contributed by atoms with Crippen molar-refractivity contribution < 1.29 is 5.11 Å². The lowest BCUT2D eigenvalue weighted by molar-refractivity contribution is 0.475. The van der Waals surface area contributed by atoms with Gasteiger partial charge in [-0.25, -0.2) is 0 Å². The lowest BCUT2D eigenvalue weighted by Crippen LogP contribution is -2.18. The lowest BCUT2D eigenvalue weighted by Gasteiger charge is -2.26. The molecule has 2 heteroatoms. The maximum absolute atomic E-state index is 10.0. The molecule has 0 unspecified atom stereocenters. The summed E-state index contributed by atoms with van der Waals surface area (Å²) in [7, 11) is 0. The maximum Gasteiger partial charge on any atom is 0.139 e. The number of phenols is 1. The lowest BCUT2D eigenvalue weighted by atomic mass is 10.1. The highest BCUT2D eigenvalue weighted by Gasteiger charge is 2.13. The molecule has 2 aromatic carbocycles. The third-order valence-corrected chi connectivity index (χ3v) is 3.03. The molecule has 2 aromatic rings. The molecule has 0 aliphatic rings. The van der Waals surface area contributed by atoms with Crippen molar-refractivity contribution in [1.82, 2.24) is 0 Å². The molecule has 18 heavy (non-hydrogen) atoms. The third kappa shape index (κ3) is 2.48. The van der Waals surface area contributed by atoms with Crippen LogP contribution in [0.3, 0.4) is 0 Å². The van der Waals surface area contributed by atoms with Gasteiger partial charge in [-0.15, -0.1) is 0 Å². The van der Waals surface area contributed by atoms with Crippen LogP contribution >= 0.6 is 0 Å². The van der Waals surface area contributed by atoms with Crippen molar-refractivity contribution in [2.75, 3.05) is 11.4 Å². The highest BCUT2D eigenvalue weighted by Crippen LogP contribution is 2.34. The fourth-order valence-corrected chi connectivity index (χ4v) is 2.15.